The normalized spacial score (nSPS) is 9.84. The smallest absolute Gasteiger partial charge is 0.128 e. The second kappa shape index (κ2) is 8.26. The molecule has 4 heteroatoms. The van der Waals surface area contributed by atoms with Gasteiger partial charge in [-0.05, 0) is 18.7 Å². The van der Waals surface area contributed by atoms with Crippen molar-refractivity contribution in [1.82, 2.24) is 4.90 Å². The Morgan fingerprint density at radius 3 is 2.79 bits per heavy atom. The molecule has 0 spiro atoms. The van der Waals surface area contributed by atoms with Gasteiger partial charge in [0.15, 0.2) is 0 Å². The highest BCUT2D eigenvalue weighted by atomic mass is 19.1. The Bertz CT molecular complexity index is 511. The molecule has 0 aliphatic carbocycles. The van der Waals surface area contributed by atoms with E-state index in [-0.39, 0.29) is 12.4 Å². The molecular weight excluding hydrogens is 243 g/mol. The van der Waals surface area contributed by atoms with E-state index in [1.54, 1.807) is 12.1 Å². The molecule has 0 aromatic heterocycles. The number of rotatable bonds is 5. The molecule has 19 heavy (non-hydrogen) atoms. The Morgan fingerprint density at radius 1 is 1.42 bits per heavy atom. The minimum atomic E-state index is -0.305. The van der Waals surface area contributed by atoms with Crippen molar-refractivity contribution in [3.8, 4) is 17.9 Å². The zero-order valence-corrected chi connectivity index (χ0v) is 11.0. The third-order valence-electron chi connectivity index (χ3n) is 2.75. The molecule has 1 aromatic carbocycles. The molecule has 0 radical (unpaired) electrons. The van der Waals surface area contributed by atoms with E-state index < -0.39 is 0 Å². The summed E-state index contributed by atoms with van der Waals surface area (Å²) in [6.45, 7) is 3.64. The average molecular weight is 260 g/mol. The van der Waals surface area contributed by atoms with Gasteiger partial charge in [0.2, 0.25) is 0 Å². The predicted molar refractivity (Wildman–Crippen MR) is 71.5 cm³/mol. The van der Waals surface area contributed by atoms with Gasteiger partial charge in [0.25, 0.3) is 0 Å². The Labute approximate surface area is 113 Å². The van der Waals surface area contributed by atoms with Crippen LogP contribution in [-0.2, 0) is 6.54 Å². The van der Waals surface area contributed by atoms with Gasteiger partial charge in [-0.25, -0.2) is 4.39 Å². The number of hydrogen-bond donors (Lipinski definition) is 1. The number of aliphatic hydroxyl groups excluding tert-OH is 1. The lowest BCUT2D eigenvalue weighted by Crippen LogP contribution is -2.24. The van der Waals surface area contributed by atoms with E-state index in [2.05, 4.69) is 17.9 Å². The van der Waals surface area contributed by atoms with Gasteiger partial charge in [0.05, 0.1) is 6.07 Å². The minimum Gasteiger partial charge on any atom is -0.384 e. The molecule has 0 amide bonds. The van der Waals surface area contributed by atoms with E-state index in [0.29, 0.717) is 30.6 Å². The second-order valence-electron chi connectivity index (χ2n) is 4.04. The maximum absolute atomic E-state index is 13.9. The summed E-state index contributed by atoms with van der Waals surface area (Å²) in [6, 6.07) is 6.89. The summed E-state index contributed by atoms with van der Waals surface area (Å²) in [6.07, 6.45) is 0.440. The number of nitriles is 1. The van der Waals surface area contributed by atoms with Crippen molar-refractivity contribution in [2.75, 3.05) is 19.7 Å². The van der Waals surface area contributed by atoms with Crippen molar-refractivity contribution in [2.24, 2.45) is 0 Å². The molecule has 0 saturated carbocycles. The van der Waals surface area contributed by atoms with Crippen LogP contribution in [0.4, 0.5) is 4.39 Å². The first-order chi connectivity index (χ1) is 9.21. The topological polar surface area (TPSA) is 47.3 Å². The zero-order valence-electron chi connectivity index (χ0n) is 11.0. The molecule has 1 N–H and O–H groups in total. The third kappa shape index (κ3) is 5.09. The largest absolute Gasteiger partial charge is 0.384 e. The summed E-state index contributed by atoms with van der Waals surface area (Å²) in [5.41, 5.74) is 1.14. The summed E-state index contributed by atoms with van der Waals surface area (Å²) in [5.74, 6) is 4.85. The van der Waals surface area contributed by atoms with Crippen LogP contribution in [0.15, 0.2) is 18.2 Å². The molecule has 0 bridgehead atoms. The molecule has 1 rings (SSSR count). The van der Waals surface area contributed by atoms with Crippen molar-refractivity contribution in [3.05, 3.63) is 35.1 Å². The molecule has 0 fully saturated rings. The van der Waals surface area contributed by atoms with Crippen LogP contribution >= 0.6 is 0 Å². The van der Waals surface area contributed by atoms with Crippen molar-refractivity contribution in [3.63, 3.8) is 0 Å². The van der Waals surface area contributed by atoms with Crippen LogP contribution in [0.3, 0.4) is 0 Å². The van der Waals surface area contributed by atoms with Gasteiger partial charge in [-0.3, -0.25) is 4.90 Å². The fourth-order valence-corrected chi connectivity index (χ4v) is 1.69. The Kier molecular flexibility index (Phi) is 6.60. The summed E-state index contributed by atoms with van der Waals surface area (Å²) < 4.78 is 13.9. The Balaban J connectivity index is 2.76. The van der Waals surface area contributed by atoms with Gasteiger partial charge < -0.3 is 5.11 Å². The monoisotopic (exact) mass is 260 g/mol. The average Bonchev–Trinajstić information content (AvgIpc) is 2.43. The molecule has 0 heterocycles. The van der Waals surface area contributed by atoms with Gasteiger partial charge in [-0.15, -0.1) is 0 Å². The number of nitrogens with zero attached hydrogens (tertiary/aromatic N) is 2. The third-order valence-corrected chi connectivity index (χ3v) is 2.75. The summed E-state index contributed by atoms with van der Waals surface area (Å²) in [4.78, 5) is 2.01. The second-order valence-corrected chi connectivity index (χ2v) is 4.04. The Morgan fingerprint density at radius 2 is 2.21 bits per heavy atom. The molecule has 3 nitrogen and oxygen atoms in total. The number of hydrogen-bond acceptors (Lipinski definition) is 3. The van der Waals surface area contributed by atoms with E-state index in [9.17, 15) is 4.39 Å². The SMILES string of the molecule is CCN(CCC#N)Cc1ccc(C#CCO)cc1F. The summed E-state index contributed by atoms with van der Waals surface area (Å²) >= 11 is 0. The maximum Gasteiger partial charge on any atom is 0.128 e. The van der Waals surface area contributed by atoms with E-state index in [1.165, 1.54) is 6.07 Å². The van der Waals surface area contributed by atoms with Gasteiger partial charge in [0, 0.05) is 30.6 Å². The highest BCUT2D eigenvalue weighted by molar-refractivity contribution is 5.37. The highest BCUT2D eigenvalue weighted by Gasteiger charge is 2.08. The van der Waals surface area contributed by atoms with Crippen molar-refractivity contribution < 1.29 is 9.50 Å². The van der Waals surface area contributed by atoms with Crippen LogP contribution in [0.2, 0.25) is 0 Å². The lowest BCUT2D eigenvalue weighted by Gasteiger charge is -2.19. The standard InChI is InChI=1S/C15H17FN2O/c1-2-18(9-4-8-17)12-14-7-6-13(5-3-10-19)11-15(14)16/h6-7,11,19H,2,4,9-10,12H2,1H3. The first-order valence-corrected chi connectivity index (χ1v) is 6.18. The summed E-state index contributed by atoms with van der Waals surface area (Å²) in [7, 11) is 0. The number of aliphatic hydroxyl groups is 1. The lowest BCUT2D eigenvalue weighted by molar-refractivity contribution is 0.282. The summed E-state index contributed by atoms with van der Waals surface area (Å²) in [5, 5.41) is 17.1. The lowest BCUT2D eigenvalue weighted by atomic mass is 10.1. The molecule has 100 valence electrons. The van der Waals surface area contributed by atoms with Crippen LogP contribution in [0.5, 0.6) is 0 Å². The molecular formula is C15H17FN2O. The quantitative estimate of drug-likeness (QED) is 0.823. The van der Waals surface area contributed by atoms with E-state index in [4.69, 9.17) is 10.4 Å². The molecule has 0 aliphatic rings. The molecule has 0 saturated heterocycles. The molecule has 0 atom stereocenters. The van der Waals surface area contributed by atoms with Crippen molar-refractivity contribution in [2.45, 2.75) is 19.9 Å². The highest BCUT2D eigenvalue weighted by Crippen LogP contribution is 2.12. The fourth-order valence-electron chi connectivity index (χ4n) is 1.69. The Hall–Kier alpha value is -1.88. The zero-order chi connectivity index (χ0) is 14.1. The van der Waals surface area contributed by atoms with Crippen LogP contribution in [0.1, 0.15) is 24.5 Å². The van der Waals surface area contributed by atoms with Crippen molar-refractivity contribution in [1.29, 1.82) is 5.26 Å². The first kappa shape index (κ1) is 15.2. The van der Waals surface area contributed by atoms with Gasteiger partial charge in [0.1, 0.15) is 12.4 Å². The first-order valence-electron chi connectivity index (χ1n) is 6.18. The number of benzene rings is 1. The van der Waals surface area contributed by atoms with E-state index >= 15 is 0 Å². The van der Waals surface area contributed by atoms with Crippen LogP contribution in [-0.4, -0.2) is 29.7 Å². The van der Waals surface area contributed by atoms with Gasteiger partial charge >= 0.3 is 0 Å². The van der Waals surface area contributed by atoms with E-state index in [1.807, 2.05) is 11.8 Å². The molecule has 1 aromatic rings. The fraction of sp³-hybridized carbons (Fsp3) is 0.400. The molecule has 0 unspecified atom stereocenters. The maximum atomic E-state index is 13.9. The number of halogens is 1. The van der Waals surface area contributed by atoms with Gasteiger partial charge in [-0.2, -0.15) is 5.26 Å². The van der Waals surface area contributed by atoms with Crippen molar-refractivity contribution >= 4 is 0 Å². The van der Waals surface area contributed by atoms with Crippen LogP contribution in [0.25, 0.3) is 0 Å². The van der Waals surface area contributed by atoms with E-state index in [0.717, 1.165) is 6.54 Å². The molecule has 0 aliphatic heterocycles. The van der Waals surface area contributed by atoms with Gasteiger partial charge in [-0.1, -0.05) is 24.8 Å². The predicted octanol–water partition coefficient (Wildman–Crippen LogP) is 1.91. The van der Waals surface area contributed by atoms with Crippen LogP contribution in [0, 0.1) is 29.0 Å². The van der Waals surface area contributed by atoms with Crippen LogP contribution < -0.4 is 0 Å². The minimum absolute atomic E-state index is 0.235.